The van der Waals surface area contributed by atoms with Crippen molar-refractivity contribution in [1.82, 2.24) is 4.90 Å². The maximum absolute atomic E-state index is 5.87. The van der Waals surface area contributed by atoms with E-state index in [1.165, 1.54) is 0 Å². The molecule has 6 nitrogen and oxygen atoms in total. The molecule has 0 aliphatic rings. The second-order valence-corrected chi connectivity index (χ2v) is 7.46. The molecule has 0 saturated carbocycles. The summed E-state index contributed by atoms with van der Waals surface area (Å²) in [6.45, 7) is 15.3. The minimum absolute atomic E-state index is 0.586. The molecular formula is C15H35NO5Si. The summed E-state index contributed by atoms with van der Waals surface area (Å²) in [5.41, 5.74) is 0. The molecule has 0 atom stereocenters. The van der Waals surface area contributed by atoms with Crippen LogP contribution >= 0.6 is 0 Å². The van der Waals surface area contributed by atoms with Crippen molar-refractivity contribution in [3.63, 3.8) is 0 Å². The molecule has 7 heteroatoms. The van der Waals surface area contributed by atoms with Gasteiger partial charge in [-0.15, -0.1) is 0 Å². The van der Waals surface area contributed by atoms with Crippen molar-refractivity contribution in [1.29, 1.82) is 0 Å². The third kappa shape index (κ3) is 9.89. The van der Waals surface area contributed by atoms with Crippen LogP contribution in [-0.2, 0) is 22.8 Å². The van der Waals surface area contributed by atoms with Crippen molar-refractivity contribution < 1.29 is 22.8 Å². The smallest absolute Gasteiger partial charge is 0.374 e. The minimum atomic E-state index is -2.53. The first-order valence-corrected chi connectivity index (χ1v) is 10.4. The second kappa shape index (κ2) is 14.6. The molecule has 0 spiro atoms. The fraction of sp³-hybridized carbons (Fsp3) is 1.00. The Hall–Kier alpha value is -0.0231. The van der Waals surface area contributed by atoms with E-state index in [0.717, 1.165) is 19.0 Å². The summed E-state index contributed by atoms with van der Waals surface area (Å²) < 4.78 is 28.6. The normalized spacial score (nSPS) is 12.3. The molecule has 0 radical (unpaired) electrons. The van der Waals surface area contributed by atoms with Crippen LogP contribution in [0, 0.1) is 0 Å². The van der Waals surface area contributed by atoms with E-state index in [0.29, 0.717) is 46.5 Å². The molecule has 0 fully saturated rings. The molecule has 0 heterocycles. The molecule has 134 valence electrons. The number of hydrogen-bond donors (Lipinski definition) is 0. The van der Waals surface area contributed by atoms with Crippen molar-refractivity contribution >= 4 is 8.80 Å². The lowest BCUT2D eigenvalue weighted by atomic mass is 10.4. The predicted molar refractivity (Wildman–Crippen MR) is 89.7 cm³/mol. The first kappa shape index (κ1) is 22.0. The Morgan fingerprint density at radius 3 is 1.50 bits per heavy atom. The summed E-state index contributed by atoms with van der Waals surface area (Å²) in [4.78, 5) is 2.15. The minimum Gasteiger partial charge on any atom is -0.374 e. The van der Waals surface area contributed by atoms with Crippen LogP contribution < -0.4 is 0 Å². The molecule has 0 aromatic rings. The zero-order chi connectivity index (χ0) is 16.7. The maximum Gasteiger partial charge on any atom is 0.500 e. The van der Waals surface area contributed by atoms with Crippen molar-refractivity contribution in [2.24, 2.45) is 0 Å². The lowest BCUT2D eigenvalue weighted by Crippen LogP contribution is -2.46. The van der Waals surface area contributed by atoms with Gasteiger partial charge in [-0.25, -0.2) is 0 Å². The van der Waals surface area contributed by atoms with Crippen LogP contribution in [-0.4, -0.2) is 66.7 Å². The second-order valence-electron chi connectivity index (χ2n) is 4.72. The standard InChI is InChI=1S/C15H35NO5Si/c1-6-17-14-16(15-18-7-2)12-11-13-22(19-8-3,20-9-4)21-10-5/h6-15H2,1-5H3. The first-order valence-electron chi connectivity index (χ1n) is 8.47. The molecule has 0 aromatic carbocycles. The van der Waals surface area contributed by atoms with E-state index in [4.69, 9.17) is 22.8 Å². The number of ether oxygens (including phenoxy) is 2. The maximum atomic E-state index is 5.87. The van der Waals surface area contributed by atoms with Gasteiger partial charge in [0.1, 0.15) is 13.5 Å². The van der Waals surface area contributed by atoms with Crippen LogP contribution in [0.15, 0.2) is 0 Å². The Kier molecular flexibility index (Phi) is 14.5. The molecular weight excluding hydrogens is 302 g/mol. The summed E-state index contributed by atoms with van der Waals surface area (Å²) in [5, 5.41) is 0. The van der Waals surface area contributed by atoms with E-state index >= 15 is 0 Å². The topological polar surface area (TPSA) is 49.4 Å². The lowest BCUT2D eigenvalue weighted by Gasteiger charge is -2.29. The van der Waals surface area contributed by atoms with Crippen LogP contribution in [0.25, 0.3) is 0 Å². The highest BCUT2D eigenvalue weighted by atomic mass is 28.4. The monoisotopic (exact) mass is 337 g/mol. The van der Waals surface area contributed by atoms with Gasteiger partial charge in [0.05, 0.1) is 0 Å². The third-order valence-electron chi connectivity index (χ3n) is 3.01. The van der Waals surface area contributed by atoms with Crippen LogP contribution in [0.5, 0.6) is 0 Å². The Morgan fingerprint density at radius 2 is 1.14 bits per heavy atom. The lowest BCUT2D eigenvalue weighted by molar-refractivity contribution is -0.0395. The summed E-state index contributed by atoms with van der Waals surface area (Å²) in [5.74, 6) is 0. The predicted octanol–water partition coefficient (Wildman–Crippen LogP) is 2.71. The van der Waals surface area contributed by atoms with Crippen molar-refractivity contribution in [3.05, 3.63) is 0 Å². The number of nitrogens with zero attached hydrogens (tertiary/aromatic N) is 1. The highest BCUT2D eigenvalue weighted by Gasteiger charge is 2.39. The molecule has 0 N–H and O–H groups in total. The van der Waals surface area contributed by atoms with E-state index in [1.807, 2.05) is 34.6 Å². The Morgan fingerprint density at radius 1 is 0.682 bits per heavy atom. The van der Waals surface area contributed by atoms with Gasteiger partial charge in [-0.1, -0.05) is 0 Å². The van der Waals surface area contributed by atoms with Crippen molar-refractivity contribution in [2.45, 2.75) is 47.1 Å². The Labute approximate surface area is 137 Å². The van der Waals surface area contributed by atoms with Gasteiger partial charge in [-0.2, -0.15) is 0 Å². The Balaban J connectivity index is 4.39. The molecule has 0 rings (SSSR count). The average molecular weight is 338 g/mol. The van der Waals surface area contributed by atoms with E-state index in [1.54, 1.807) is 0 Å². The highest BCUT2D eigenvalue weighted by molar-refractivity contribution is 6.60. The zero-order valence-electron chi connectivity index (χ0n) is 15.1. The molecule has 0 aromatic heterocycles. The van der Waals surface area contributed by atoms with Gasteiger partial charge >= 0.3 is 8.80 Å². The van der Waals surface area contributed by atoms with Gasteiger partial charge in [-0.3, -0.25) is 4.90 Å². The van der Waals surface area contributed by atoms with Gasteiger partial charge in [0.15, 0.2) is 0 Å². The molecule has 0 saturated heterocycles. The third-order valence-corrected chi connectivity index (χ3v) is 6.16. The zero-order valence-corrected chi connectivity index (χ0v) is 16.1. The van der Waals surface area contributed by atoms with Crippen LogP contribution in [0.3, 0.4) is 0 Å². The first-order chi connectivity index (χ1) is 10.7. The van der Waals surface area contributed by atoms with Crippen molar-refractivity contribution in [2.75, 3.05) is 53.0 Å². The van der Waals surface area contributed by atoms with Gasteiger partial charge in [-0.05, 0) is 41.0 Å². The number of hydrogen-bond acceptors (Lipinski definition) is 6. The van der Waals surface area contributed by atoms with Gasteiger partial charge in [0.2, 0.25) is 0 Å². The average Bonchev–Trinajstić information content (AvgIpc) is 2.50. The number of rotatable bonds is 16. The van der Waals surface area contributed by atoms with E-state index in [9.17, 15) is 0 Å². The van der Waals surface area contributed by atoms with Crippen LogP contribution in [0.1, 0.15) is 41.0 Å². The summed E-state index contributed by atoms with van der Waals surface area (Å²) in [7, 11) is -2.53. The van der Waals surface area contributed by atoms with Gasteiger partial charge in [0, 0.05) is 45.6 Å². The van der Waals surface area contributed by atoms with Crippen LogP contribution in [0.4, 0.5) is 0 Å². The SMILES string of the molecule is CCOCN(CCC[Si](OCC)(OCC)OCC)COCC. The summed E-state index contributed by atoms with van der Waals surface area (Å²) >= 11 is 0. The highest BCUT2D eigenvalue weighted by Crippen LogP contribution is 2.18. The summed E-state index contributed by atoms with van der Waals surface area (Å²) in [6.07, 6.45) is 0.937. The molecule has 22 heavy (non-hydrogen) atoms. The van der Waals surface area contributed by atoms with Gasteiger partial charge in [0.25, 0.3) is 0 Å². The Bertz CT molecular complexity index is 221. The summed E-state index contributed by atoms with van der Waals surface area (Å²) in [6, 6.07) is 0.817. The van der Waals surface area contributed by atoms with Gasteiger partial charge < -0.3 is 22.8 Å². The van der Waals surface area contributed by atoms with Crippen molar-refractivity contribution in [3.8, 4) is 0 Å². The molecule has 0 bridgehead atoms. The molecule has 0 aliphatic carbocycles. The van der Waals surface area contributed by atoms with E-state index in [-0.39, 0.29) is 0 Å². The molecule has 0 amide bonds. The fourth-order valence-corrected chi connectivity index (χ4v) is 4.72. The quantitative estimate of drug-likeness (QED) is 0.319. The van der Waals surface area contributed by atoms with E-state index < -0.39 is 8.80 Å². The molecule has 0 aliphatic heterocycles. The van der Waals surface area contributed by atoms with E-state index in [2.05, 4.69) is 4.90 Å². The fourth-order valence-electron chi connectivity index (χ4n) is 2.13. The van der Waals surface area contributed by atoms with Crippen LogP contribution in [0.2, 0.25) is 6.04 Å². The molecule has 0 unspecified atom stereocenters. The largest absolute Gasteiger partial charge is 0.500 e.